The largest absolute Gasteiger partial charge is 0.494 e. The number of hydrogen-bond acceptors (Lipinski definition) is 6. The van der Waals surface area contributed by atoms with E-state index in [0.29, 0.717) is 34.7 Å². The predicted molar refractivity (Wildman–Crippen MR) is 108 cm³/mol. The van der Waals surface area contributed by atoms with Gasteiger partial charge in [0.2, 0.25) is 5.16 Å². The summed E-state index contributed by atoms with van der Waals surface area (Å²) in [5, 5.41) is 9.21. The summed E-state index contributed by atoms with van der Waals surface area (Å²) < 4.78 is 6.46. The van der Waals surface area contributed by atoms with E-state index in [1.54, 1.807) is 0 Å². The van der Waals surface area contributed by atoms with Crippen LogP contribution < -0.4 is 16.1 Å². The summed E-state index contributed by atoms with van der Waals surface area (Å²) in [6, 6.07) is 15.0. The lowest BCUT2D eigenvalue weighted by Gasteiger charge is -2.08. The van der Waals surface area contributed by atoms with Crippen LogP contribution in [0.1, 0.15) is 23.7 Å². The maximum absolute atomic E-state index is 12.5. The lowest BCUT2D eigenvalue weighted by molar-refractivity contribution is 0.340. The van der Waals surface area contributed by atoms with Crippen molar-refractivity contribution < 1.29 is 4.74 Å². The molecular formula is C19H19ClN4O2S. The zero-order chi connectivity index (χ0) is 19.2. The number of hydrogen-bond donors (Lipinski definition) is 1. The van der Waals surface area contributed by atoms with Crippen LogP contribution in [0, 0.1) is 0 Å². The first kappa shape index (κ1) is 19.3. The molecule has 0 unspecified atom stereocenters. The van der Waals surface area contributed by atoms with Gasteiger partial charge in [0.05, 0.1) is 6.61 Å². The molecule has 0 spiro atoms. The molecule has 0 aliphatic heterocycles. The standard InChI is InChI=1S/C19H19ClN4O2S/c1-2-26-16-8-6-13(7-9-16)11-17-18(25)24(21)19(23-22-17)27-12-14-4-3-5-15(20)10-14/h3-10H,2,11-12,21H2,1H3. The Morgan fingerprint density at radius 1 is 1.15 bits per heavy atom. The van der Waals surface area contributed by atoms with Crippen LogP contribution in [0.4, 0.5) is 0 Å². The van der Waals surface area contributed by atoms with Gasteiger partial charge in [-0.1, -0.05) is 47.6 Å². The SMILES string of the molecule is CCOc1ccc(Cc2nnc(SCc3cccc(Cl)c3)n(N)c2=O)cc1. The third-order valence-electron chi connectivity index (χ3n) is 3.79. The molecule has 0 radical (unpaired) electrons. The maximum atomic E-state index is 12.5. The van der Waals surface area contributed by atoms with Gasteiger partial charge in [0.15, 0.2) is 0 Å². The van der Waals surface area contributed by atoms with E-state index in [9.17, 15) is 4.79 Å². The number of benzene rings is 2. The molecular weight excluding hydrogens is 384 g/mol. The van der Waals surface area contributed by atoms with Crippen molar-refractivity contribution in [2.24, 2.45) is 0 Å². The van der Waals surface area contributed by atoms with Gasteiger partial charge in [-0.2, -0.15) is 4.68 Å². The molecule has 6 nitrogen and oxygen atoms in total. The third-order valence-corrected chi connectivity index (χ3v) is 5.04. The molecule has 8 heteroatoms. The van der Waals surface area contributed by atoms with E-state index in [-0.39, 0.29) is 5.56 Å². The second-order valence-electron chi connectivity index (χ2n) is 5.78. The van der Waals surface area contributed by atoms with Crippen LogP contribution >= 0.6 is 23.4 Å². The van der Waals surface area contributed by atoms with Gasteiger partial charge < -0.3 is 10.6 Å². The van der Waals surface area contributed by atoms with E-state index in [2.05, 4.69) is 10.2 Å². The molecule has 140 valence electrons. The molecule has 2 N–H and O–H groups in total. The molecule has 0 aliphatic rings. The highest BCUT2D eigenvalue weighted by Crippen LogP contribution is 2.21. The summed E-state index contributed by atoms with van der Waals surface area (Å²) in [5.74, 6) is 7.31. The predicted octanol–water partition coefficient (Wildman–Crippen LogP) is 3.29. The minimum atomic E-state index is -0.354. The van der Waals surface area contributed by atoms with Crippen LogP contribution in [0.25, 0.3) is 0 Å². The van der Waals surface area contributed by atoms with E-state index in [4.69, 9.17) is 22.2 Å². The number of halogens is 1. The van der Waals surface area contributed by atoms with Crippen LogP contribution in [0.15, 0.2) is 58.5 Å². The lowest BCUT2D eigenvalue weighted by atomic mass is 10.1. The quantitative estimate of drug-likeness (QED) is 0.482. The number of ether oxygens (including phenoxy) is 1. The first-order valence-corrected chi connectivity index (χ1v) is 9.76. The number of aromatic nitrogens is 3. The normalized spacial score (nSPS) is 10.7. The first-order chi connectivity index (χ1) is 13.1. The minimum absolute atomic E-state index is 0.300. The topological polar surface area (TPSA) is 83.0 Å². The molecule has 3 aromatic rings. The Morgan fingerprint density at radius 3 is 2.63 bits per heavy atom. The summed E-state index contributed by atoms with van der Waals surface area (Å²) >= 11 is 7.32. The monoisotopic (exact) mass is 402 g/mol. The van der Waals surface area contributed by atoms with Gasteiger partial charge in [-0.3, -0.25) is 4.79 Å². The van der Waals surface area contributed by atoms with Gasteiger partial charge in [-0.05, 0) is 42.3 Å². The molecule has 0 amide bonds. The molecule has 0 saturated carbocycles. The summed E-state index contributed by atoms with van der Waals surface area (Å²) in [6.07, 6.45) is 0.356. The Balaban J connectivity index is 1.71. The number of nitrogen functional groups attached to an aromatic ring is 1. The molecule has 3 rings (SSSR count). The van der Waals surface area contributed by atoms with Crippen molar-refractivity contribution in [3.05, 3.63) is 80.7 Å². The van der Waals surface area contributed by atoms with Crippen LogP contribution in [-0.4, -0.2) is 21.5 Å². The van der Waals surface area contributed by atoms with Crippen LogP contribution in [-0.2, 0) is 12.2 Å². The minimum Gasteiger partial charge on any atom is -0.494 e. The Hall–Kier alpha value is -2.51. The maximum Gasteiger partial charge on any atom is 0.294 e. The fraction of sp³-hybridized carbons (Fsp3) is 0.211. The van der Waals surface area contributed by atoms with Gasteiger partial charge in [-0.25, -0.2) is 0 Å². The van der Waals surface area contributed by atoms with Crippen LogP contribution in [0.5, 0.6) is 5.75 Å². The number of nitrogens with two attached hydrogens (primary N) is 1. The Bertz CT molecular complexity index is 976. The zero-order valence-electron chi connectivity index (χ0n) is 14.8. The molecule has 0 aliphatic carbocycles. The van der Waals surface area contributed by atoms with Gasteiger partial charge in [0, 0.05) is 17.2 Å². The highest BCUT2D eigenvalue weighted by molar-refractivity contribution is 7.98. The number of nitrogens with zero attached hydrogens (tertiary/aromatic N) is 3. The van der Waals surface area contributed by atoms with Crippen molar-refractivity contribution in [3.63, 3.8) is 0 Å². The van der Waals surface area contributed by atoms with Crippen molar-refractivity contribution in [2.45, 2.75) is 24.3 Å². The summed E-state index contributed by atoms with van der Waals surface area (Å²) in [5.41, 5.74) is 1.89. The average Bonchev–Trinajstić information content (AvgIpc) is 2.67. The van der Waals surface area contributed by atoms with Gasteiger partial charge in [0.25, 0.3) is 5.56 Å². The molecule has 27 heavy (non-hydrogen) atoms. The van der Waals surface area contributed by atoms with Gasteiger partial charge in [-0.15, -0.1) is 10.2 Å². The third kappa shape index (κ3) is 5.02. The van der Waals surface area contributed by atoms with E-state index < -0.39 is 0 Å². The summed E-state index contributed by atoms with van der Waals surface area (Å²) in [7, 11) is 0. The zero-order valence-corrected chi connectivity index (χ0v) is 16.3. The summed E-state index contributed by atoms with van der Waals surface area (Å²) in [6.45, 7) is 2.54. The molecule has 1 heterocycles. The van der Waals surface area contributed by atoms with Crippen molar-refractivity contribution >= 4 is 23.4 Å². The first-order valence-electron chi connectivity index (χ1n) is 8.39. The van der Waals surface area contributed by atoms with Crippen molar-refractivity contribution in [2.75, 3.05) is 12.4 Å². The Labute approximate surface area is 166 Å². The lowest BCUT2D eigenvalue weighted by Crippen LogP contribution is -2.33. The van der Waals surface area contributed by atoms with Crippen molar-refractivity contribution in [1.82, 2.24) is 14.9 Å². The molecule has 1 aromatic heterocycles. The van der Waals surface area contributed by atoms with Gasteiger partial charge >= 0.3 is 0 Å². The van der Waals surface area contributed by atoms with Crippen molar-refractivity contribution in [1.29, 1.82) is 0 Å². The smallest absolute Gasteiger partial charge is 0.294 e. The summed E-state index contributed by atoms with van der Waals surface area (Å²) in [4.78, 5) is 12.5. The number of rotatable bonds is 7. The second kappa shape index (κ2) is 8.92. The fourth-order valence-corrected chi connectivity index (χ4v) is 3.48. The Kier molecular flexibility index (Phi) is 6.36. The van der Waals surface area contributed by atoms with Crippen molar-refractivity contribution in [3.8, 4) is 5.75 Å². The van der Waals surface area contributed by atoms with Crippen LogP contribution in [0.3, 0.4) is 0 Å². The fourth-order valence-electron chi connectivity index (χ4n) is 2.47. The Morgan fingerprint density at radius 2 is 1.93 bits per heavy atom. The second-order valence-corrected chi connectivity index (χ2v) is 7.16. The van der Waals surface area contributed by atoms with E-state index in [1.807, 2.05) is 55.5 Å². The highest BCUT2D eigenvalue weighted by atomic mass is 35.5. The average molecular weight is 403 g/mol. The van der Waals surface area contributed by atoms with E-state index in [1.165, 1.54) is 11.8 Å². The van der Waals surface area contributed by atoms with E-state index in [0.717, 1.165) is 21.6 Å². The number of thioether (sulfide) groups is 1. The molecule has 2 aromatic carbocycles. The highest BCUT2D eigenvalue weighted by Gasteiger charge is 2.12. The van der Waals surface area contributed by atoms with E-state index >= 15 is 0 Å². The molecule has 0 atom stereocenters. The molecule has 0 saturated heterocycles. The van der Waals surface area contributed by atoms with Gasteiger partial charge in [0.1, 0.15) is 11.4 Å². The van der Waals surface area contributed by atoms with Crippen LogP contribution in [0.2, 0.25) is 5.02 Å². The molecule has 0 fully saturated rings. The molecule has 0 bridgehead atoms.